The molecule has 1 fully saturated rings. The number of pyridine rings is 1. The number of carbonyl (C=O) groups is 1. The Bertz CT molecular complexity index is 1120. The van der Waals surface area contributed by atoms with Gasteiger partial charge in [-0.15, -0.1) is 0 Å². The molecule has 0 bridgehead atoms. The van der Waals surface area contributed by atoms with Gasteiger partial charge in [-0.2, -0.15) is 0 Å². The minimum absolute atomic E-state index is 0.163. The van der Waals surface area contributed by atoms with Crippen LogP contribution in [0.15, 0.2) is 36.7 Å². The molecule has 1 aliphatic heterocycles. The third-order valence-electron chi connectivity index (χ3n) is 6.70. The number of carboxylic acid groups (broad SMARTS) is 1. The quantitative estimate of drug-likeness (QED) is 0.497. The predicted molar refractivity (Wildman–Crippen MR) is 128 cm³/mol. The van der Waals surface area contributed by atoms with Gasteiger partial charge in [0.1, 0.15) is 22.7 Å². The number of methoxy groups -OCH3 is 2. The summed E-state index contributed by atoms with van der Waals surface area (Å²) in [5.41, 5.74) is 3.44. The molecule has 33 heavy (non-hydrogen) atoms. The smallest absolute Gasteiger partial charge is 0.339 e. The topological polar surface area (TPSA) is 76.8 Å². The lowest BCUT2D eigenvalue weighted by atomic mass is 9.89. The first-order valence-corrected chi connectivity index (χ1v) is 11.7. The summed E-state index contributed by atoms with van der Waals surface area (Å²) in [7, 11) is 3.12. The lowest BCUT2D eigenvalue weighted by molar-refractivity contribution is 0.0692. The molecule has 2 aromatic heterocycles. The molecular weight excluding hydrogens is 418 g/mol. The molecule has 1 aromatic carbocycles. The first kappa shape index (κ1) is 23.1. The minimum Gasteiger partial charge on any atom is -0.496 e. The Morgan fingerprint density at radius 1 is 1.18 bits per heavy atom. The summed E-state index contributed by atoms with van der Waals surface area (Å²) in [4.78, 5) is 18.7. The van der Waals surface area contributed by atoms with Crippen molar-refractivity contribution in [1.82, 2.24) is 14.5 Å². The Labute approximate surface area is 194 Å². The summed E-state index contributed by atoms with van der Waals surface area (Å²) in [5.74, 6) is 0.533. The van der Waals surface area contributed by atoms with Gasteiger partial charge >= 0.3 is 5.97 Å². The highest BCUT2D eigenvalue weighted by Crippen LogP contribution is 2.37. The van der Waals surface area contributed by atoms with Crippen molar-refractivity contribution < 1.29 is 19.4 Å². The number of carboxylic acids is 1. The maximum atomic E-state index is 11.7. The van der Waals surface area contributed by atoms with Crippen molar-refractivity contribution in [2.75, 3.05) is 27.3 Å². The van der Waals surface area contributed by atoms with E-state index in [1.807, 2.05) is 12.3 Å². The van der Waals surface area contributed by atoms with Crippen LogP contribution in [0, 0.1) is 0 Å². The molecule has 1 saturated heterocycles. The number of hydrogen-bond acceptors (Lipinski definition) is 5. The van der Waals surface area contributed by atoms with E-state index >= 15 is 0 Å². The third kappa shape index (κ3) is 4.69. The number of unbranched alkanes of at least 4 members (excludes halogenated alkanes) is 1. The number of aryl methyl sites for hydroxylation is 1. The fourth-order valence-electron chi connectivity index (χ4n) is 4.95. The number of benzene rings is 1. The SMILES string of the molecule is CCCCn1cc(C2CCN(Cc3c(OC)ccc(C(=O)O)c3OC)CC2)c2cccnc21. The van der Waals surface area contributed by atoms with E-state index in [9.17, 15) is 9.90 Å². The molecule has 4 rings (SSSR count). The fourth-order valence-corrected chi connectivity index (χ4v) is 4.95. The second-order valence-corrected chi connectivity index (χ2v) is 8.69. The van der Waals surface area contributed by atoms with Gasteiger partial charge in [0.15, 0.2) is 0 Å². The molecule has 0 unspecified atom stereocenters. The Hall–Kier alpha value is -3.06. The minimum atomic E-state index is -0.998. The van der Waals surface area contributed by atoms with Crippen molar-refractivity contribution in [1.29, 1.82) is 0 Å². The van der Waals surface area contributed by atoms with E-state index < -0.39 is 5.97 Å². The summed E-state index contributed by atoms with van der Waals surface area (Å²) in [5, 5.41) is 10.8. The van der Waals surface area contributed by atoms with Crippen molar-refractivity contribution >= 4 is 17.0 Å². The molecule has 3 aromatic rings. The van der Waals surface area contributed by atoms with Crippen LogP contribution in [0.25, 0.3) is 11.0 Å². The van der Waals surface area contributed by atoms with Crippen LogP contribution in [-0.4, -0.2) is 52.8 Å². The summed E-state index contributed by atoms with van der Waals surface area (Å²) in [6, 6.07) is 7.48. The van der Waals surface area contributed by atoms with Crippen molar-refractivity contribution in [3.8, 4) is 11.5 Å². The van der Waals surface area contributed by atoms with Crippen molar-refractivity contribution in [3.05, 3.63) is 53.3 Å². The van der Waals surface area contributed by atoms with Crippen LogP contribution in [0.5, 0.6) is 11.5 Å². The van der Waals surface area contributed by atoms with E-state index in [2.05, 4.69) is 33.6 Å². The molecule has 0 saturated carbocycles. The molecule has 0 atom stereocenters. The van der Waals surface area contributed by atoms with Crippen molar-refractivity contribution in [2.45, 2.75) is 51.6 Å². The summed E-state index contributed by atoms with van der Waals surface area (Å²) in [6.07, 6.45) is 8.60. The number of fused-ring (bicyclic) bond motifs is 1. The molecule has 3 heterocycles. The zero-order valence-electron chi connectivity index (χ0n) is 19.7. The van der Waals surface area contributed by atoms with Gasteiger partial charge in [-0.1, -0.05) is 13.3 Å². The van der Waals surface area contributed by atoms with Gasteiger partial charge in [0.25, 0.3) is 0 Å². The Morgan fingerprint density at radius 2 is 1.97 bits per heavy atom. The molecule has 1 aliphatic rings. The first-order valence-electron chi connectivity index (χ1n) is 11.7. The third-order valence-corrected chi connectivity index (χ3v) is 6.70. The average Bonchev–Trinajstić information content (AvgIpc) is 3.21. The van der Waals surface area contributed by atoms with E-state index in [0.717, 1.165) is 56.5 Å². The van der Waals surface area contributed by atoms with Crippen LogP contribution >= 0.6 is 0 Å². The molecule has 7 heteroatoms. The average molecular weight is 452 g/mol. The van der Waals surface area contributed by atoms with E-state index in [-0.39, 0.29) is 5.56 Å². The zero-order valence-corrected chi connectivity index (χ0v) is 19.7. The Balaban J connectivity index is 1.52. The number of aromatic nitrogens is 2. The number of aromatic carboxylic acids is 1. The lowest BCUT2D eigenvalue weighted by Crippen LogP contribution is -2.32. The number of likely N-dealkylation sites (tertiary alicyclic amines) is 1. The monoisotopic (exact) mass is 451 g/mol. The van der Waals surface area contributed by atoms with Crippen LogP contribution in [0.3, 0.4) is 0 Å². The predicted octanol–water partition coefficient (Wildman–Crippen LogP) is 4.93. The second-order valence-electron chi connectivity index (χ2n) is 8.69. The maximum absolute atomic E-state index is 11.7. The normalized spacial score (nSPS) is 15.1. The Morgan fingerprint density at radius 3 is 2.64 bits per heavy atom. The van der Waals surface area contributed by atoms with Crippen LogP contribution in [0.4, 0.5) is 0 Å². The van der Waals surface area contributed by atoms with E-state index in [1.54, 1.807) is 13.2 Å². The van der Waals surface area contributed by atoms with Crippen LogP contribution < -0.4 is 9.47 Å². The van der Waals surface area contributed by atoms with Gasteiger partial charge in [0.05, 0.1) is 19.8 Å². The summed E-state index contributed by atoms with van der Waals surface area (Å²) >= 11 is 0. The summed E-state index contributed by atoms with van der Waals surface area (Å²) in [6.45, 7) is 5.67. The van der Waals surface area contributed by atoms with Crippen molar-refractivity contribution in [2.24, 2.45) is 0 Å². The van der Waals surface area contributed by atoms with E-state index in [4.69, 9.17) is 9.47 Å². The van der Waals surface area contributed by atoms with Crippen LogP contribution in [-0.2, 0) is 13.1 Å². The van der Waals surface area contributed by atoms with Crippen LogP contribution in [0.2, 0.25) is 0 Å². The maximum Gasteiger partial charge on any atom is 0.339 e. The highest BCUT2D eigenvalue weighted by molar-refractivity contribution is 5.92. The second kappa shape index (κ2) is 10.3. The van der Waals surface area contributed by atoms with Gasteiger partial charge < -0.3 is 19.1 Å². The molecule has 0 amide bonds. The zero-order chi connectivity index (χ0) is 23.4. The number of hydrogen-bond donors (Lipinski definition) is 1. The number of ether oxygens (including phenoxy) is 2. The first-order chi connectivity index (χ1) is 16.1. The Kier molecular flexibility index (Phi) is 7.18. The van der Waals surface area contributed by atoms with Gasteiger partial charge in [0, 0.05) is 30.9 Å². The lowest BCUT2D eigenvalue weighted by Gasteiger charge is -2.32. The largest absolute Gasteiger partial charge is 0.496 e. The standard InChI is InChI=1S/C26H33N3O4/c1-4-5-13-29-17-21(19-7-6-12-27-25(19)29)18-10-14-28(15-11-18)16-22-23(32-2)9-8-20(26(30)31)24(22)33-3/h6-9,12,17-18H,4-5,10-11,13-16H2,1-3H3,(H,30,31). The molecule has 0 spiro atoms. The number of piperidine rings is 1. The fraction of sp³-hybridized carbons (Fsp3) is 0.462. The summed E-state index contributed by atoms with van der Waals surface area (Å²) < 4.78 is 13.3. The van der Waals surface area contributed by atoms with Gasteiger partial charge in [-0.05, 0) is 68.1 Å². The van der Waals surface area contributed by atoms with Gasteiger partial charge in [-0.25, -0.2) is 9.78 Å². The molecule has 1 N–H and O–H groups in total. The van der Waals surface area contributed by atoms with E-state index in [1.165, 1.54) is 24.1 Å². The highest BCUT2D eigenvalue weighted by atomic mass is 16.5. The van der Waals surface area contributed by atoms with Crippen LogP contribution in [0.1, 0.15) is 60.0 Å². The molecule has 7 nitrogen and oxygen atoms in total. The van der Waals surface area contributed by atoms with Crippen molar-refractivity contribution in [3.63, 3.8) is 0 Å². The molecule has 0 aliphatic carbocycles. The van der Waals surface area contributed by atoms with E-state index in [0.29, 0.717) is 24.0 Å². The highest BCUT2D eigenvalue weighted by Gasteiger charge is 2.27. The van der Waals surface area contributed by atoms with Gasteiger partial charge in [-0.3, -0.25) is 4.90 Å². The number of nitrogens with zero attached hydrogens (tertiary/aromatic N) is 3. The van der Waals surface area contributed by atoms with Gasteiger partial charge in [0.2, 0.25) is 0 Å². The molecule has 176 valence electrons. The molecule has 0 radical (unpaired) electrons. The number of rotatable bonds is 9. The molecular formula is C26H33N3O4.